The number of alkyl halides is 3. The molecule has 0 spiro atoms. The molecule has 7 heteroatoms. The fourth-order valence-electron chi connectivity index (χ4n) is 1.98. The highest BCUT2D eigenvalue weighted by Crippen LogP contribution is 2.35. The lowest BCUT2D eigenvalue weighted by Crippen LogP contribution is -2.13. The second-order valence-electron chi connectivity index (χ2n) is 4.59. The molecular weight excluding hydrogens is 303 g/mol. The van der Waals surface area contributed by atoms with Crippen LogP contribution < -0.4 is 11.2 Å². The van der Waals surface area contributed by atoms with Crippen LogP contribution in [0.1, 0.15) is 31.0 Å². The number of fused-ring (bicyclic) bond motifs is 1. The van der Waals surface area contributed by atoms with E-state index >= 15 is 0 Å². The van der Waals surface area contributed by atoms with Crippen molar-refractivity contribution in [3.8, 4) is 0 Å². The Bertz CT molecular complexity index is 722. The van der Waals surface area contributed by atoms with Crippen molar-refractivity contribution in [3.63, 3.8) is 0 Å². The van der Waals surface area contributed by atoms with Gasteiger partial charge in [-0.05, 0) is 24.8 Å². The van der Waals surface area contributed by atoms with Crippen LogP contribution in [0, 0.1) is 0 Å². The summed E-state index contributed by atoms with van der Waals surface area (Å²) in [5.74, 6) is 0.683. The van der Waals surface area contributed by atoms with Gasteiger partial charge in [-0.3, -0.25) is 4.79 Å². The first-order chi connectivity index (χ1) is 9.74. The molecule has 2 aromatic rings. The van der Waals surface area contributed by atoms with Crippen LogP contribution >= 0.6 is 11.8 Å². The van der Waals surface area contributed by atoms with Crippen molar-refractivity contribution in [1.82, 2.24) is 0 Å². The van der Waals surface area contributed by atoms with Crippen LogP contribution in [-0.4, -0.2) is 5.75 Å². The summed E-state index contributed by atoms with van der Waals surface area (Å²) in [5.41, 5.74) is 4.64. The van der Waals surface area contributed by atoms with Gasteiger partial charge in [0, 0.05) is 17.7 Å². The molecule has 0 aliphatic carbocycles. The summed E-state index contributed by atoms with van der Waals surface area (Å²) < 4.78 is 44.3. The van der Waals surface area contributed by atoms with Crippen LogP contribution in [0.5, 0.6) is 0 Å². The van der Waals surface area contributed by atoms with Crippen LogP contribution in [0.15, 0.2) is 32.5 Å². The second-order valence-corrected chi connectivity index (χ2v) is 5.86. The third-order valence-corrected chi connectivity index (χ3v) is 3.71. The van der Waals surface area contributed by atoms with Gasteiger partial charge >= 0.3 is 6.18 Å². The van der Waals surface area contributed by atoms with Crippen LogP contribution in [0.4, 0.5) is 13.2 Å². The SMILES string of the molecule is CCSc1cc(=O)c2cc(C(F)(F)F)cc([C@@H](C)N)c2o1. The first-order valence-electron chi connectivity index (χ1n) is 6.31. The van der Waals surface area contributed by atoms with Crippen molar-refractivity contribution < 1.29 is 17.6 Å². The summed E-state index contributed by atoms with van der Waals surface area (Å²) in [6.45, 7) is 3.43. The first-order valence-corrected chi connectivity index (χ1v) is 7.30. The number of thioether (sulfide) groups is 1. The van der Waals surface area contributed by atoms with E-state index in [2.05, 4.69) is 0 Å². The first kappa shape index (κ1) is 15.9. The van der Waals surface area contributed by atoms with E-state index in [0.717, 1.165) is 12.1 Å². The monoisotopic (exact) mass is 317 g/mol. The summed E-state index contributed by atoms with van der Waals surface area (Å²) in [5, 5.41) is 0.272. The Kier molecular flexibility index (Phi) is 4.34. The molecule has 2 rings (SSSR count). The van der Waals surface area contributed by atoms with Gasteiger partial charge in [0.1, 0.15) is 5.58 Å². The molecule has 0 aliphatic rings. The second kappa shape index (κ2) is 5.73. The van der Waals surface area contributed by atoms with Gasteiger partial charge in [-0.25, -0.2) is 0 Å². The molecule has 2 N–H and O–H groups in total. The minimum Gasteiger partial charge on any atom is -0.449 e. The normalized spacial score (nSPS) is 13.6. The topological polar surface area (TPSA) is 56.2 Å². The van der Waals surface area contributed by atoms with E-state index in [9.17, 15) is 18.0 Å². The van der Waals surface area contributed by atoms with Crippen molar-refractivity contribution in [3.05, 3.63) is 39.5 Å². The number of halogens is 3. The highest BCUT2D eigenvalue weighted by atomic mass is 32.2. The van der Waals surface area contributed by atoms with Crippen LogP contribution in [0.25, 0.3) is 11.0 Å². The molecule has 1 heterocycles. The Hall–Kier alpha value is -1.47. The van der Waals surface area contributed by atoms with Crippen LogP contribution in [0.3, 0.4) is 0 Å². The van der Waals surface area contributed by atoms with Crippen LogP contribution in [0.2, 0.25) is 0 Å². The highest BCUT2D eigenvalue weighted by Gasteiger charge is 2.32. The van der Waals surface area contributed by atoms with E-state index in [0.29, 0.717) is 10.8 Å². The molecule has 0 radical (unpaired) electrons. The molecule has 21 heavy (non-hydrogen) atoms. The Balaban J connectivity index is 2.82. The van der Waals surface area contributed by atoms with Gasteiger partial charge in [-0.1, -0.05) is 18.7 Å². The average Bonchev–Trinajstić information content (AvgIpc) is 2.36. The smallest absolute Gasteiger partial charge is 0.416 e. The van der Waals surface area contributed by atoms with Gasteiger partial charge in [0.15, 0.2) is 10.5 Å². The van der Waals surface area contributed by atoms with E-state index < -0.39 is 23.2 Å². The van der Waals surface area contributed by atoms with E-state index in [1.165, 1.54) is 17.8 Å². The van der Waals surface area contributed by atoms with Crippen LogP contribution in [-0.2, 0) is 6.18 Å². The maximum Gasteiger partial charge on any atom is 0.416 e. The fraction of sp³-hybridized carbons (Fsp3) is 0.357. The van der Waals surface area contributed by atoms with Crippen molar-refractivity contribution in [1.29, 1.82) is 0 Å². The van der Waals surface area contributed by atoms with Crippen molar-refractivity contribution in [2.45, 2.75) is 31.2 Å². The van der Waals surface area contributed by atoms with Gasteiger partial charge in [0.05, 0.1) is 10.9 Å². The Morgan fingerprint density at radius 2 is 2.00 bits per heavy atom. The molecule has 1 atom stereocenters. The number of hydrogen-bond donors (Lipinski definition) is 1. The van der Waals surface area contributed by atoms with E-state index in [1.807, 2.05) is 6.92 Å². The van der Waals surface area contributed by atoms with Gasteiger partial charge in [-0.15, -0.1) is 0 Å². The summed E-state index contributed by atoms with van der Waals surface area (Å²) in [7, 11) is 0. The molecule has 0 unspecified atom stereocenters. The quantitative estimate of drug-likeness (QED) is 0.871. The zero-order valence-corrected chi connectivity index (χ0v) is 12.3. The van der Waals surface area contributed by atoms with Crippen molar-refractivity contribution >= 4 is 22.7 Å². The Morgan fingerprint density at radius 3 is 2.52 bits per heavy atom. The van der Waals surface area contributed by atoms with Crippen molar-refractivity contribution in [2.24, 2.45) is 5.73 Å². The van der Waals surface area contributed by atoms with Gasteiger partial charge in [0.2, 0.25) is 0 Å². The summed E-state index contributed by atoms with van der Waals surface area (Å²) in [6.07, 6.45) is -4.54. The molecule has 0 bridgehead atoms. The maximum atomic E-state index is 12.9. The van der Waals surface area contributed by atoms with E-state index in [1.54, 1.807) is 6.92 Å². The Morgan fingerprint density at radius 1 is 1.33 bits per heavy atom. The van der Waals surface area contributed by atoms with E-state index in [-0.39, 0.29) is 16.5 Å². The Labute approximate surface area is 123 Å². The molecule has 1 aromatic heterocycles. The van der Waals surface area contributed by atoms with Gasteiger partial charge < -0.3 is 10.2 Å². The highest BCUT2D eigenvalue weighted by molar-refractivity contribution is 7.99. The molecule has 114 valence electrons. The summed E-state index contributed by atoms with van der Waals surface area (Å²) in [4.78, 5) is 12.0. The molecular formula is C14H14F3NO2S. The predicted octanol–water partition coefficient (Wildman–Crippen LogP) is 3.94. The lowest BCUT2D eigenvalue weighted by Gasteiger charge is -2.14. The molecule has 0 saturated carbocycles. The standard InChI is InChI=1S/C14H14F3NO2S/c1-3-21-12-6-11(19)10-5-8(14(15,16)17)4-9(7(2)18)13(10)20-12/h4-7H,3,18H2,1-2H3/t7-/m1/s1. The largest absolute Gasteiger partial charge is 0.449 e. The summed E-state index contributed by atoms with van der Waals surface area (Å²) in [6, 6.07) is 2.28. The third-order valence-electron chi connectivity index (χ3n) is 2.94. The van der Waals surface area contributed by atoms with Gasteiger partial charge in [-0.2, -0.15) is 13.2 Å². The molecule has 1 aromatic carbocycles. The molecule has 0 saturated heterocycles. The molecule has 0 aliphatic heterocycles. The molecule has 3 nitrogen and oxygen atoms in total. The number of rotatable bonds is 3. The fourth-order valence-corrected chi connectivity index (χ4v) is 2.60. The zero-order valence-electron chi connectivity index (χ0n) is 11.5. The minimum atomic E-state index is -4.54. The zero-order chi connectivity index (χ0) is 15.8. The number of benzene rings is 1. The lowest BCUT2D eigenvalue weighted by molar-refractivity contribution is -0.137. The molecule has 0 amide bonds. The van der Waals surface area contributed by atoms with E-state index in [4.69, 9.17) is 10.2 Å². The third kappa shape index (κ3) is 3.24. The van der Waals surface area contributed by atoms with Gasteiger partial charge in [0.25, 0.3) is 0 Å². The minimum absolute atomic E-state index is 0.0995. The lowest BCUT2D eigenvalue weighted by atomic mass is 10.0. The maximum absolute atomic E-state index is 12.9. The number of hydrogen-bond acceptors (Lipinski definition) is 4. The van der Waals surface area contributed by atoms with Crippen molar-refractivity contribution in [2.75, 3.05) is 5.75 Å². The summed E-state index contributed by atoms with van der Waals surface area (Å²) >= 11 is 1.30. The predicted molar refractivity (Wildman–Crippen MR) is 76.5 cm³/mol. The molecule has 0 fully saturated rings. The number of nitrogens with two attached hydrogens (primary N) is 1. The average molecular weight is 317 g/mol.